The molecule has 13 heavy (non-hydrogen) atoms. The second-order valence-electron chi connectivity index (χ2n) is 3.20. The fourth-order valence-electron chi connectivity index (χ4n) is 0.973. The fourth-order valence-corrected chi connectivity index (χ4v) is 1.95. The third kappa shape index (κ3) is 3.04. The molecule has 0 fully saturated rings. The molecule has 3 nitrogen and oxygen atoms in total. The second kappa shape index (κ2) is 5.29. The van der Waals surface area contributed by atoms with Crippen LogP contribution in [0.2, 0.25) is 0 Å². The molecule has 1 aromatic heterocycles. The molecule has 1 atom stereocenters. The average Bonchev–Trinajstić information content (AvgIpc) is 2.62. The number of hydrogen-bond acceptors (Lipinski definition) is 4. The van der Waals surface area contributed by atoms with Gasteiger partial charge in [0.15, 0.2) is 0 Å². The molecule has 0 aliphatic carbocycles. The molecule has 1 heterocycles. The van der Waals surface area contributed by atoms with E-state index in [1.54, 1.807) is 11.3 Å². The van der Waals surface area contributed by atoms with E-state index in [9.17, 15) is 0 Å². The lowest BCUT2D eigenvalue weighted by Crippen LogP contribution is -2.09. The highest BCUT2D eigenvalue weighted by Crippen LogP contribution is 2.22. The van der Waals surface area contributed by atoms with Gasteiger partial charge in [-0.3, -0.25) is 0 Å². The zero-order valence-electron chi connectivity index (χ0n) is 8.50. The van der Waals surface area contributed by atoms with Gasteiger partial charge in [0.05, 0.1) is 0 Å². The first-order valence-corrected chi connectivity index (χ1v) is 5.56. The minimum Gasteiger partial charge on any atom is -0.319 e. The summed E-state index contributed by atoms with van der Waals surface area (Å²) in [5.74, 6) is 0.556. The summed E-state index contributed by atoms with van der Waals surface area (Å²) in [7, 11) is 1.95. The van der Waals surface area contributed by atoms with Crippen molar-refractivity contribution in [1.82, 2.24) is 15.5 Å². The molecular weight excluding hydrogens is 182 g/mol. The Morgan fingerprint density at radius 2 is 2.23 bits per heavy atom. The maximum Gasteiger partial charge on any atom is 0.120 e. The number of nitrogens with zero attached hydrogens (tertiary/aromatic N) is 2. The van der Waals surface area contributed by atoms with E-state index in [0.717, 1.165) is 24.4 Å². The summed E-state index contributed by atoms with van der Waals surface area (Å²) >= 11 is 1.74. The summed E-state index contributed by atoms with van der Waals surface area (Å²) in [6, 6.07) is 0. The quantitative estimate of drug-likeness (QED) is 0.786. The Morgan fingerprint density at radius 1 is 1.46 bits per heavy atom. The summed E-state index contributed by atoms with van der Waals surface area (Å²) in [5.41, 5.74) is 0. The Hall–Kier alpha value is -0.480. The first-order valence-electron chi connectivity index (χ1n) is 4.74. The van der Waals surface area contributed by atoms with Crippen LogP contribution in [-0.2, 0) is 6.42 Å². The van der Waals surface area contributed by atoms with Crippen LogP contribution in [0.15, 0.2) is 0 Å². The summed E-state index contributed by atoms with van der Waals surface area (Å²) in [6.45, 7) is 5.36. The van der Waals surface area contributed by atoms with E-state index < -0.39 is 0 Å². The second-order valence-corrected chi connectivity index (χ2v) is 4.29. The maximum absolute atomic E-state index is 4.18. The summed E-state index contributed by atoms with van der Waals surface area (Å²) in [6.07, 6.45) is 2.13. The van der Waals surface area contributed by atoms with E-state index in [1.165, 1.54) is 5.01 Å². The van der Waals surface area contributed by atoms with E-state index in [4.69, 9.17) is 0 Å². The van der Waals surface area contributed by atoms with Crippen LogP contribution in [0.5, 0.6) is 0 Å². The van der Waals surface area contributed by atoms with Crippen molar-refractivity contribution in [3.05, 3.63) is 10.0 Å². The molecular formula is C9H17N3S. The summed E-state index contributed by atoms with van der Waals surface area (Å²) in [4.78, 5) is 0. The van der Waals surface area contributed by atoms with Crippen LogP contribution in [0.4, 0.5) is 0 Å². The van der Waals surface area contributed by atoms with E-state index in [-0.39, 0.29) is 0 Å². The summed E-state index contributed by atoms with van der Waals surface area (Å²) in [5, 5.41) is 13.8. The zero-order chi connectivity index (χ0) is 9.68. The molecule has 1 rings (SSSR count). The first-order chi connectivity index (χ1) is 6.27. The lowest BCUT2D eigenvalue weighted by molar-refractivity contribution is 0.711. The van der Waals surface area contributed by atoms with Crippen molar-refractivity contribution in [2.45, 2.75) is 32.6 Å². The third-order valence-corrected chi connectivity index (χ3v) is 3.32. The van der Waals surface area contributed by atoms with Crippen molar-refractivity contribution in [2.24, 2.45) is 0 Å². The van der Waals surface area contributed by atoms with E-state index >= 15 is 0 Å². The molecule has 0 bridgehead atoms. The molecule has 0 radical (unpaired) electrons. The van der Waals surface area contributed by atoms with Crippen molar-refractivity contribution in [2.75, 3.05) is 13.6 Å². The van der Waals surface area contributed by atoms with Gasteiger partial charge < -0.3 is 5.32 Å². The van der Waals surface area contributed by atoms with Gasteiger partial charge in [0.2, 0.25) is 0 Å². The number of rotatable bonds is 5. The molecule has 0 amide bonds. The Labute approximate surface area is 83.6 Å². The predicted octanol–water partition coefficient (Wildman–Crippen LogP) is 1.81. The molecule has 0 spiro atoms. The molecule has 0 saturated heterocycles. The van der Waals surface area contributed by atoms with Gasteiger partial charge in [0.1, 0.15) is 10.0 Å². The van der Waals surface area contributed by atoms with Gasteiger partial charge in [-0.2, -0.15) is 0 Å². The van der Waals surface area contributed by atoms with Crippen molar-refractivity contribution in [3.8, 4) is 0 Å². The van der Waals surface area contributed by atoms with Gasteiger partial charge in [-0.05, 0) is 13.5 Å². The Balaban J connectivity index is 2.53. The Kier molecular flexibility index (Phi) is 4.32. The van der Waals surface area contributed by atoms with Crippen LogP contribution in [0.3, 0.4) is 0 Å². The van der Waals surface area contributed by atoms with Crippen LogP contribution in [0, 0.1) is 0 Å². The maximum atomic E-state index is 4.18. The molecule has 1 N–H and O–H groups in total. The molecule has 1 unspecified atom stereocenters. The summed E-state index contributed by atoms with van der Waals surface area (Å²) < 4.78 is 0. The number of hydrogen-bond donors (Lipinski definition) is 1. The normalized spacial score (nSPS) is 13.2. The monoisotopic (exact) mass is 199 g/mol. The molecule has 0 aliphatic heterocycles. The third-order valence-electron chi connectivity index (χ3n) is 2.11. The van der Waals surface area contributed by atoms with E-state index in [0.29, 0.717) is 5.92 Å². The van der Waals surface area contributed by atoms with Crippen molar-refractivity contribution in [3.63, 3.8) is 0 Å². The molecule has 74 valence electrons. The van der Waals surface area contributed by atoms with Crippen molar-refractivity contribution >= 4 is 11.3 Å². The van der Waals surface area contributed by atoms with Gasteiger partial charge in [-0.1, -0.05) is 13.8 Å². The predicted molar refractivity (Wildman–Crippen MR) is 56.2 cm³/mol. The molecule has 4 heteroatoms. The Bertz CT molecular complexity index is 247. The highest BCUT2D eigenvalue weighted by molar-refractivity contribution is 7.11. The first kappa shape index (κ1) is 10.6. The van der Waals surface area contributed by atoms with E-state index in [2.05, 4.69) is 29.4 Å². The van der Waals surface area contributed by atoms with Crippen LogP contribution >= 0.6 is 11.3 Å². The van der Waals surface area contributed by atoms with Crippen molar-refractivity contribution in [1.29, 1.82) is 0 Å². The Morgan fingerprint density at radius 3 is 2.85 bits per heavy atom. The van der Waals surface area contributed by atoms with Crippen LogP contribution in [0.25, 0.3) is 0 Å². The molecule has 0 saturated carbocycles. The van der Waals surface area contributed by atoms with Crippen LogP contribution in [-0.4, -0.2) is 23.8 Å². The van der Waals surface area contributed by atoms with Gasteiger partial charge in [-0.25, -0.2) is 0 Å². The standard InChI is InChI=1S/C9H17N3S/c1-4-7(2)9-12-11-8(13-9)5-6-10-3/h7,10H,4-6H2,1-3H3. The topological polar surface area (TPSA) is 37.8 Å². The van der Waals surface area contributed by atoms with Crippen molar-refractivity contribution < 1.29 is 0 Å². The lowest BCUT2D eigenvalue weighted by atomic mass is 10.1. The van der Waals surface area contributed by atoms with Gasteiger partial charge in [-0.15, -0.1) is 21.5 Å². The highest BCUT2D eigenvalue weighted by atomic mass is 32.1. The van der Waals surface area contributed by atoms with Crippen LogP contribution < -0.4 is 5.32 Å². The fraction of sp³-hybridized carbons (Fsp3) is 0.778. The van der Waals surface area contributed by atoms with Gasteiger partial charge in [0.25, 0.3) is 0 Å². The number of likely N-dealkylation sites (N-methyl/N-ethyl adjacent to an activating group) is 1. The zero-order valence-corrected chi connectivity index (χ0v) is 9.32. The largest absolute Gasteiger partial charge is 0.319 e. The molecule has 0 aliphatic rings. The smallest absolute Gasteiger partial charge is 0.120 e. The van der Waals surface area contributed by atoms with Crippen LogP contribution in [0.1, 0.15) is 36.2 Å². The average molecular weight is 199 g/mol. The molecule has 1 aromatic rings. The van der Waals surface area contributed by atoms with Gasteiger partial charge >= 0.3 is 0 Å². The minimum absolute atomic E-state index is 0.556. The highest BCUT2D eigenvalue weighted by Gasteiger charge is 2.09. The number of nitrogens with one attached hydrogen (secondary N) is 1. The van der Waals surface area contributed by atoms with Gasteiger partial charge in [0, 0.05) is 18.9 Å². The SMILES string of the molecule is CCC(C)c1nnc(CCNC)s1. The molecule has 0 aromatic carbocycles. The minimum atomic E-state index is 0.556. The number of aromatic nitrogens is 2. The lowest BCUT2D eigenvalue weighted by Gasteiger charge is -2.00. The van der Waals surface area contributed by atoms with E-state index in [1.807, 2.05) is 7.05 Å².